The van der Waals surface area contributed by atoms with Gasteiger partial charge in [-0.25, -0.2) is 4.39 Å². The van der Waals surface area contributed by atoms with Crippen molar-refractivity contribution in [2.75, 3.05) is 0 Å². The van der Waals surface area contributed by atoms with E-state index in [1.54, 1.807) is 18.3 Å². The van der Waals surface area contributed by atoms with Crippen LogP contribution in [-0.2, 0) is 17.6 Å². The molecule has 0 aliphatic carbocycles. The van der Waals surface area contributed by atoms with E-state index in [0.29, 0.717) is 23.9 Å². The maximum atomic E-state index is 13.4. The summed E-state index contributed by atoms with van der Waals surface area (Å²) in [7, 11) is 0. The monoisotopic (exact) mass is 415 g/mol. The maximum Gasteiger partial charge on any atom is 0.289 e. The van der Waals surface area contributed by atoms with Gasteiger partial charge in [0.25, 0.3) is 11.7 Å². The SMILES string of the molecule is CCc1c(C(=O)C(N)=O)c2cnc(C)cn2c1Cc1ccccc1-c1ccc(F)cc1. The zero-order valence-electron chi connectivity index (χ0n) is 17.4. The molecule has 2 aromatic carbocycles. The predicted octanol–water partition coefficient (Wildman–Crippen LogP) is 4.27. The summed E-state index contributed by atoms with van der Waals surface area (Å²) < 4.78 is 15.4. The van der Waals surface area contributed by atoms with Gasteiger partial charge in [-0.1, -0.05) is 43.3 Å². The number of nitrogens with two attached hydrogens (primary N) is 1. The number of ketones is 1. The van der Waals surface area contributed by atoms with Crippen molar-refractivity contribution in [2.45, 2.75) is 26.7 Å². The van der Waals surface area contributed by atoms with Crippen molar-refractivity contribution in [3.8, 4) is 11.1 Å². The molecule has 0 atom stereocenters. The van der Waals surface area contributed by atoms with Gasteiger partial charge in [0, 0.05) is 18.3 Å². The fourth-order valence-corrected chi connectivity index (χ4v) is 4.08. The molecule has 0 spiro atoms. The molecule has 0 fully saturated rings. The summed E-state index contributed by atoms with van der Waals surface area (Å²) in [6.07, 6.45) is 4.55. The smallest absolute Gasteiger partial charge is 0.289 e. The van der Waals surface area contributed by atoms with Crippen LogP contribution in [0, 0.1) is 12.7 Å². The van der Waals surface area contributed by atoms with Crippen LogP contribution in [0.15, 0.2) is 60.9 Å². The highest BCUT2D eigenvalue weighted by atomic mass is 19.1. The third-order valence-corrected chi connectivity index (χ3v) is 5.50. The molecule has 5 nitrogen and oxygen atoms in total. The molecule has 31 heavy (non-hydrogen) atoms. The van der Waals surface area contributed by atoms with Crippen LogP contribution >= 0.6 is 0 Å². The number of primary amides is 1. The van der Waals surface area contributed by atoms with E-state index >= 15 is 0 Å². The van der Waals surface area contributed by atoms with Crippen molar-refractivity contribution in [1.29, 1.82) is 0 Å². The lowest BCUT2D eigenvalue weighted by Crippen LogP contribution is -2.24. The second-order valence-corrected chi connectivity index (χ2v) is 7.47. The number of aromatic nitrogens is 2. The molecule has 0 saturated heterocycles. The van der Waals surface area contributed by atoms with Crippen molar-refractivity contribution in [3.63, 3.8) is 0 Å². The van der Waals surface area contributed by atoms with Gasteiger partial charge in [0.1, 0.15) is 5.82 Å². The van der Waals surface area contributed by atoms with Crippen LogP contribution in [-0.4, -0.2) is 21.1 Å². The zero-order valence-corrected chi connectivity index (χ0v) is 17.4. The van der Waals surface area contributed by atoms with Gasteiger partial charge in [-0.05, 0) is 47.7 Å². The van der Waals surface area contributed by atoms with Crippen LogP contribution in [0.1, 0.15) is 39.8 Å². The standard InChI is InChI=1S/C25H22FN3O2/c1-3-19-21(29-14-15(2)28-13-22(29)23(19)24(30)25(27)31)12-17-6-4-5-7-20(17)16-8-10-18(26)11-9-16/h4-11,13-14H,3,12H2,1-2H3,(H2,27,31). The van der Waals surface area contributed by atoms with Gasteiger partial charge >= 0.3 is 0 Å². The van der Waals surface area contributed by atoms with E-state index in [9.17, 15) is 14.0 Å². The molecule has 0 aliphatic heterocycles. The number of Topliss-reactive ketones (excluding diaryl/α,β-unsaturated/α-hetero) is 1. The number of rotatable bonds is 6. The number of fused-ring (bicyclic) bond motifs is 1. The average molecular weight is 415 g/mol. The molecule has 156 valence electrons. The third kappa shape index (κ3) is 3.72. The minimum absolute atomic E-state index is 0.287. The van der Waals surface area contributed by atoms with E-state index < -0.39 is 11.7 Å². The Labute approximate surface area is 179 Å². The normalized spacial score (nSPS) is 11.1. The van der Waals surface area contributed by atoms with E-state index in [4.69, 9.17) is 5.73 Å². The molecule has 0 unspecified atom stereocenters. The number of carbonyl (C=O) groups excluding carboxylic acids is 2. The molecule has 6 heteroatoms. The molecule has 0 radical (unpaired) electrons. The number of nitrogens with zero attached hydrogens (tertiary/aromatic N) is 2. The summed E-state index contributed by atoms with van der Waals surface area (Å²) in [5.74, 6) is -1.98. The van der Waals surface area contributed by atoms with Crippen LogP contribution in [0.5, 0.6) is 0 Å². The number of carbonyl (C=O) groups is 2. The molecule has 0 aliphatic rings. The summed E-state index contributed by atoms with van der Waals surface area (Å²) in [5.41, 5.74) is 11.6. The Morgan fingerprint density at radius 2 is 1.81 bits per heavy atom. The number of halogens is 1. The fourth-order valence-electron chi connectivity index (χ4n) is 4.08. The largest absolute Gasteiger partial charge is 0.363 e. The van der Waals surface area contributed by atoms with E-state index in [-0.39, 0.29) is 5.82 Å². The topological polar surface area (TPSA) is 77.5 Å². The van der Waals surface area contributed by atoms with E-state index in [2.05, 4.69) is 4.98 Å². The Kier molecular flexibility index (Phi) is 5.38. The van der Waals surface area contributed by atoms with Crippen molar-refractivity contribution < 1.29 is 14.0 Å². The highest BCUT2D eigenvalue weighted by Crippen LogP contribution is 2.31. The summed E-state index contributed by atoms with van der Waals surface area (Å²) >= 11 is 0. The molecular formula is C25H22FN3O2. The van der Waals surface area contributed by atoms with Gasteiger partial charge in [0.15, 0.2) is 0 Å². The zero-order chi connectivity index (χ0) is 22.1. The lowest BCUT2D eigenvalue weighted by Gasteiger charge is -2.12. The first-order chi connectivity index (χ1) is 14.9. The summed E-state index contributed by atoms with van der Waals surface area (Å²) in [6.45, 7) is 3.82. The first-order valence-electron chi connectivity index (χ1n) is 10.1. The number of amides is 1. The molecule has 2 aromatic heterocycles. The molecule has 4 aromatic rings. The van der Waals surface area contributed by atoms with Crippen LogP contribution in [0.4, 0.5) is 4.39 Å². The minimum atomic E-state index is -0.985. The maximum absolute atomic E-state index is 13.4. The fraction of sp³-hybridized carbons (Fsp3) is 0.160. The molecular weight excluding hydrogens is 393 g/mol. The summed E-state index contributed by atoms with van der Waals surface area (Å²) in [6, 6.07) is 14.3. The second kappa shape index (κ2) is 8.14. The third-order valence-electron chi connectivity index (χ3n) is 5.50. The lowest BCUT2D eigenvalue weighted by molar-refractivity contribution is -0.114. The number of benzene rings is 2. The molecule has 0 saturated carbocycles. The van der Waals surface area contributed by atoms with Gasteiger partial charge < -0.3 is 10.1 Å². The van der Waals surface area contributed by atoms with Gasteiger partial charge in [-0.2, -0.15) is 0 Å². The van der Waals surface area contributed by atoms with E-state index in [1.807, 2.05) is 48.7 Å². The molecule has 1 amide bonds. The van der Waals surface area contributed by atoms with Gasteiger partial charge in [0.05, 0.1) is 23.0 Å². The Hall–Kier alpha value is -3.80. The average Bonchev–Trinajstić information content (AvgIpc) is 3.06. The van der Waals surface area contributed by atoms with Gasteiger partial charge in [0.2, 0.25) is 0 Å². The number of aryl methyl sites for hydroxylation is 1. The Bertz CT molecular complexity index is 1310. The van der Waals surface area contributed by atoms with Gasteiger partial charge in [-0.3, -0.25) is 14.6 Å². The predicted molar refractivity (Wildman–Crippen MR) is 117 cm³/mol. The molecule has 2 N–H and O–H groups in total. The van der Waals surface area contributed by atoms with Crippen LogP contribution in [0.2, 0.25) is 0 Å². The molecule has 4 rings (SSSR count). The van der Waals surface area contributed by atoms with Crippen molar-refractivity contribution in [1.82, 2.24) is 9.38 Å². The summed E-state index contributed by atoms with van der Waals surface area (Å²) in [5, 5.41) is 0. The van der Waals surface area contributed by atoms with Gasteiger partial charge in [-0.15, -0.1) is 0 Å². The second-order valence-electron chi connectivity index (χ2n) is 7.47. The van der Waals surface area contributed by atoms with Crippen LogP contribution < -0.4 is 5.73 Å². The molecule has 0 bridgehead atoms. The Balaban J connectivity index is 1.92. The lowest BCUT2D eigenvalue weighted by atomic mass is 9.94. The Morgan fingerprint density at radius 3 is 2.48 bits per heavy atom. The quantitative estimate of drug-likeness (QED) is 0.377. The highest BCUT2D eigenvalue weighted by Gasteiger charge is 2.26. The Morgan fingerprint density at radius 1 is 1.10 bits per heavy atom. The first-order valence-corrected chi connectivity index (χ1v) is 10.1. The summed E-state index contributed by atoms with van der Waals surface area (Å²) in [4.78, 5) is 28.7. The van der Waals surface area contributed by atoms with E-state index in [0.717, 1.165) is 33.6 Å². The highest BCUT2D eigenvalue weighted by molar-refractivity contribution is 6.44. The van der Waals surface area contributed by atoms with Crippen molar-refractivity contribution in [2.24, 2.45) is 5.73 Å². The van der Waals surface area contributed by atoms with Crippen LogP contribution in [0.3, 0.4) is 0 Å². The first kappa shape index (κ1) is 20.5. The van der Waals surface area contributed by atoms with Crippen molar-refractivity contribution >= 4 is 17.2 Å². The minimum Gasteiger partial charge on any atom is -0.363 e. The molecule has 2 heterocycles. The number of hydrogen-bond acceptors (Lipinski definition) is 3. The number of hydrogen-bond donors (Lipinski definition) is 1. The van der Waals surface area contributed by atoms with E-state index in [1.165, 1.54) is 12.1 Å². The van der Waals surface area contributed by atoms with Crippen molar-refractivity contribution in [3.05, 3.63) is 94.8 Å². The van der Waals surface area contributed by atoms with Crippen LogP contribution in [0.25, 0.3) is 16.6 Å².